The molecule has 0 aliphatic heterocycles. The van der Waals surface area contributed by atoms with E-state index in [1.165, 1.54) is 16.2 Å². The fourth-order valence-corrected chi connectivity index (χ4v) is 11.9. The maximum Gasteiger partial charge on any atom is 0.330 e. The summed E-state index contributed by atoms with van der Waals surface area (Å²) in [6, 6.07) is 9.74. The van der Waals surface area contributed by atoms with E-state index in [4.69, 9.17) is 0 Å². The number of rotatable bonds is 7. The summed E-state index contributed by atoms with van der Waals surface area (Å²) in [5.41, 5.74) is 4.31. The maximum absolute atomic E-state index is 13.8. The van der Waals surface area contributed by atoms with Crippen LogP contribution in [-0.2, 0) is 9.59 Å². The lowest BCUT2D eigenvalue weighted by Gasteiger charge is -2.38. The van der Waals surface area contributed by atoms with Gasteiger partial charge in [0.25, 0.3) is 0 Å². The van der Waals surface area contributed by atoms with Crippen molar-refractivity contribution in [2.45, 2.75) is 89.4 Å². The molecule has 2 aromatic rings. The van der Waals surface area contributed by atoms with E-state index in [2.05, 4.69) is 58.0 Å². The lowest BCUT2D eigenvalue weighted by atomic mass is 9.95. The minimum Gasteiger partial charge on any atom is -0.479 e. The molecule has 1 saturated carbocycles. The normalized spacial score (nSPS) is 15.4. The molecule has 1 N–H and O–H groups in total. The van der Waals surface area contributed by atoms with Crippen molar-refractivity contribution in [3.63, 3.8) is 0 Å². The summed E-state index contributed by atoms with van der Waals surface area (Å²) >= 11 is 1.35. The van der Waals surface area contributed by atoms with Gasteiger partial charge in [0.1, 0.15) is 23.6 Å². The molecule has 1 aromatic carbocycles. The van der Waals surface area contributed by atoms with Gasteiger partial charge >= 0.3 is 11.9 Å². The van der Waals surface area contributed by atoms with Crippen LogP contribution in [0.2, 0.25) is 16.6 Å². The number of carboxylic acids is 1. The number of anilines is 1. The van der Waals surface area contributed by atoms with E-state index in [0.717, 1.165) is 23.4 Å². The number of thiazole rings is 1. The first-order chi connectivity index (χ1) is 16.1. The van der Waals surface area contributed by atoms with E-state index in [1.54, 1.807) is 6.20 Å². The predicted octanol–water partition coefficient (Wildman–Crippen LogP) is 6.76. The Morgan fingerprint density at radius 1 is 1.03 bits per heavy atom. The molecule has 182 valence electrons. The maximum atomic E-state index is 13.8. The van der Waals surface area contributed by atoms with E-state index in [-0.39, 0.29) is 0 Å². The van der Waals surface area contributed by atoms with Crippen LogP contribution < -0.4 is 4.90 Å². The summed E-state index contributed by atoms with van der Waals surface area (Å²) in [6.07, 6.45) is 4.03. The summed E-state index contributed by atoms with van der Waals surface area (Å²) in [5.74, 6) is 1.60. The fourth-order valence-electron chi connectivity index (χ4n) is 5.73. The highest BCUT2D eigenvalue weighted by Crippen LogP contribution is 2.43. The lowest BCUT2D eigenvalue weighted by Crippen LogP contribution is -2.55. The number of amides is 1. The topological polar surface area (TPSA) is 70.5 Å². The van der Waals surface area contributed by atoms with Crippen LogP contribution in [0.15, 0.2) is 36.5 Å². The van der Waals surface area contributed by atoms with Crippen LogP contribution in [0, 0.1) is 11.5 Å². The summed E-state index contributed by atoms with van der Waals surface area (Å²) < 4.78 is 0. The van der Waals surface area contributed by atoms with E-state index in [0.29, 0.717) is 34.5 Å². The average molecular weight is 497 g/mol. The Morgan fingerprint density at radius 3 is 2.09 bits per heavy atom. The molecule has 0 spiro atoms. The van der Waals surface area contributed by atoms with Crippen molar-refractivity contribution in [1.29, 1.82) is 0 Å². The van der Waals surface area contributed by atoms with Crippen molar-refractivity contribution in [3.05, 3.63) is 36.5 Å². The molecule has 5 nitrogen and oxygen atoms in total. The van der Waals surface area contributed by atoms with Gasteiger partial charge in [0.15, 0.2) is 0 Å². The molecule has 34 heavy (non-hydrogen) atoms. The largest absolute Gasteiger partial charge is 0.479 e. The molecular weight excluding hydrogens is 460 g/mol. The van der Waals surface area contributed by atoms with Crippen LogP contribution >= 0.6 is 11.3 Å². The third-order valence-electron chi connectivity index (χ3n) is 7.45. The second-order valence-corrected chi connectivity index (χ2v) is 16.8. The summed E-state index contributed by atoms with van der Waals surface area (Å²) in [7, 11) is -2.14. The third-order valence-corrected chi connectivity index (χ3v) is 14.8. The highest BCUT2D eigenvalue weighted by Gasteiger charge is 2.50. The molecule has 1 amide bonds. The number of carbonyl (C=O) groups excluding carboxylic acids is 1. The number of hydrogen-bond acceptors (Lipinski definition) is 4. The van der Waals surface area contributed by atoms with Crippen LogP contribution in [-0.4, -0.2) is 35.6 Å². The van der Waals surface area contributed by atoms with Crippen molar-refractivity contribution >= 4 is 36.3 Å². The molecule has 1 aromatic heterocycles. The molecule has 0 bridgehead atoms. The molecule has 0 radical (unpaired) electrons. The van der Waals surface area contributed by atoms with Gasteiger partial charge in [-0.3, -0.25) is 9.69 Å². The Kier molecular flexibility index (Phi) is 8.05. The van der Waals surface area contributed by atoms with Crippen molar-refractivity contribution in [1.82, 2.24) is 4.98 Å². The van der Waals surface area contributed by atoms with Crippen molar-refractivity contribution in [3.8, 4) is 22.0 Å². The summed E-state index contributed by atoms with van der Waals surface area (Å²) in [4.78, 5) is 32.4. The van der Waals surface area contributed by atoms with Gasteiger partial charge in [-0.1, -0.05) is 96.1 Å². The fraction of sp³-hybridized carbons (Fsp3) is 0.519. The van der Waals surface area contributed by atoms with Crippen LogP contribution in [0.4, 0.5) is 5.00 Å². The monoisotopic (exact) mass is 496 g/mol. The lowest BCUT2D eigenvalue weighted by molar-refractivity contribution is -0.144. The zero-order valence-corrected chi connectivity index (χ0v) is 22.9. The molecule has 1 fully saturated rings. The van der Waals surface area contributed by atoms with Crippen LogP contribution in [0.1, 0.15) is 67.2 Å². The van der Waals surface area contributed by atoms with Crippen LogP contribution in [0.25, 0.3) is 10.6 Å². The Labute approximate surface area is 208 Å². The summed E-state index contributed by atoms with van der Waals surface area (Å²) in [6.45, 7) is 13.2. The number of hydrogen-bond donors (Lipinski definition) is 1. The minimum absolute atomic E-state index is 0.384. The highest BCUT2D eigenvalue weighted by molar-refractivity contribution is 7.19. The molecule has 1 heterocycles. The standard InChI is InChI=1S/C27H36N2O3SSi/c1-19(2)34(20(3)4,21(5)6)17-14-23(30)29(27(26(31)32)15-10-11-16-27)24-18-28-25(33-24)22-12-8-7-9-13-22/h7-9,12-13,18-21H,10-11,15-16H2,1-6H3,(H,31,32). The number of carbonyl (C=O) groups is 2. The Bertz CT molecular complexity index is 1050. The first kappa shape index (κ1) is 26.2. The van der Waals surface area contributed by atoms with E-state index in [9.17, 15) is 14.7 Å². The Morgan fingerprint density at radius 2 is 1.59 bits per heavy atom. The molecule has 0 atom stereocenters. The van der Waals surface area contributed by atoms with Crippen LogP contribution in [0.5, 0.6) is 0 Å². The van der Waals surface area contributed by atoms with Crippen LogP contribution in [0.3, 0.4) is 0 Å². The summed E-state index contributed by atoms with van der Waals surface area (Å²) in [5, 5.41) is 11.6. The number of nitrogens with zero attached hydrogens (tertiary/aromatic N) is 2. The van der Waals surface area contributed by atoms with Gasteiger partial charge < -0.3 is 5.11 Å². The van der Waals surface area contributed by atoms with Gasteiger partial charge in [0, 0.05) is 5.56 Å². The van der Waals surface area contributed by atoms with Gasteiger partial charge in [0.2, 0.25) is 0 Å². The molecule has 0 saturated heterocycles. The average Bonchev–Trinajstić information content (AvgIpc) is 3.45. The molecule has 1 aliphatic carbocycles. The van der Waals surface area contributed by atoms with E-state index in [1.807, 2.05) is 30.3 Å². The molecule has 7 heteroatoms. The van der Waals surface area contributed by atoms with E-state index >= 15 is 0 Å². The second-order valence-electron chi connectivity index (χ2n) is 10.2. The predicted molar refractivity (Wildman–Crippen MR) is 143 cm³/mol. The number of benzene rings is 1. The molecule has 0 unspecified atom stereocenters. The zero-order chi connectivity index (χ0) is 25.1. The highest BCUT2D eigenvalue weighted by atomic mass is 32.1. The SMILES string of the molecule is CC(C)[Si](C#CC(=O)N(c1cnc(-c2ccccc2)s1)C1(C(=O)O)CCCC1)(C(C)C)C(C)C. The van der Waals surface area contributed by atoms with Crippen molar-refractivity contribution < 1.29 is 14.7 Å². The number of aliphatic carboxylic acids is 1. The molecule has 3 rings (SSSR count). The quantitative estimate of drug-likeness (QED) is 0.339. The zero-order valence-electron chi connectivity index (χ0n) is 21.1. The third kappa shape index (κ3) is 4.71. The Balaban J connectivity index is 2.11. The van der Waals surface area contributed by atoms with E-state index < -0.39 is 25.5 Å². The van der Waals surface area contributed by atoms with Gasteiger partial charge in [-0.25, -0.2) is 9.78 Å². The van der Waals surface area contributed by atoms with Crippen molar-refractivity contribution in [2.24, 2.45) is 0 Å². The number of aromatic nitrogens is 1. The second kappa shape index (κ2) is 10.5. The number of carboxylic acid groups (broad SMARTS) is 1. The first-order valence-corrected chi connectivity index (χ1v) is 15.2. The first-order valence-electron chi connectivity index (χ1n) is 12.2. The van der Waals surface area contributed by atoms with Gasteiger partial charge in [-0.05, 0) is 35.4 Å². The molecular formula is C27H36N2O3SSi. The smallest absolute Gasteiger partial charge is 0.330 e. The van der Waals surface area contributed by atoms with Gasteiger partial charge in [0.05, 0.1) is 6.20 Å². The molecule has 1 aliphatic rings. The Hall–Kier alpha value is -2.43. The van der Waals surface area contributed by atoms with Gasteiger partial charge in [-0.15, -0.1) is 5.54 Å². The minimum atomic E-state index is -2.14. The van der Waals surface area contributed by atoms with Crippen molar-refractivity contribution in [2.75, 3.05) is 4.90 Å². The van der Waals surface area contributed by atoms with Gasteiger partial charge in [-0.2, -0.15) is 0 Å².